The summed E-state index contributed by atoms with van der Waals surface area (Å²) in [6.07, 6.45) is 4.54. The molecular formula is C12H13FN2O. The van der Waals surface area contributed by atoms with Crippen molar-refractivity contribution in [3.8, 4) is 0 Å². The number of hydrogen-bond donors (Lipinski definition) is 0. The Bertz CT molecular complexity index is 439. The molecule has 2 fully saturated rings. The number of carbonyl (C=O) groups excluding carboxylic acids is 1. The molecule has 1 spiro atoms. The molecule has 1 heterocycles. The molecule has 3 nitrogen and oxygen atoms in total. The molecule has 1 amide bonds. The van der Waals surface area contributed by atoms with Gasteiger partial charge in [0.05, 0.1) is 6.20 Å². The monoisotopic (exact) mass is 220 g/mol. The standard InChI is InChI=1S/C12H13FN2O/c1-15(10-3-2-8(13)7-14-10)11(16)9-6-12(9)4-5-12/h2-3,7,9H,4-6H2,1H3/t9-/m1/s1. The fraction of sp³-hybridized carbons (Fsp3) is 0.500. The Hall–Kier alpha value is -1.45. The molecule has 3 rings (SSSR count). The maximum Gasteiger partial charge on any atom is 0.231 e. The number of rotatable bonds is 2. The Kier molecular flexibility index (Phi) is 1.85. The van der Waals surface area contributed by atoms with E-state index in [9.17, 15) is 9.18 Å². The summed E-state index contributed by atoms with van der Waals surface area (Å²) in [4.78, 5) is 17.5. The number of carbonyl (C=O) groups is 1. The highest BCUT2D eigenvalue weighted by Crippen LogP contribution is 2.70. The van der Waals surface area contributed by atoms with Gasteiger partial charge in [0.1, 0.15) is 11.6 Å². The number of hydrogen-bond acceptors (Lipinski definition) is 2. The molecule has 0 N–H and O–H groups in total. The van der Waals surface area contributed by atoms with E-state index >= 15 is 0 Å². The van der Waals surface area contributed by atoms with Gasteiger partial charge in [-0.3, -0.25) is 9.69 Å². The average Bonchev–Trinajstić information content (AvgIpc) is 3.19. The normalized spacial score (nSPS) is 24.2. The van der Waals surface area contributed by atoms with Crippen LogP contribution in [-0.2, 0) is 4.79 Å². The maximum atomic E-state index is 12.7. The lowest BCUT2D eigenvalue weighted by Crippen LogP contribution is -2.29. The van der Waals surface area contributed by atoms with Crippen molar-refractivity contribution < 1.29 is 9.18 Å². The summed E-state index contributed by atoms with van der Waals surface area (Å²) >= 11 is 0. The minimum absolute atomic E-state index is 0.122. The molecule has 84 valence electrons. The van der Waals surface area contributed by atoms with Crippen LogP contribution in [0.5, 0.6) is 0 Å². The first kappa shape index (κ1) is 9.75. The predicted molar refractivity (Wildman–Crippen MR) is 57.4 cm³/mol. The lowest BCUT2D eigenvalue weighted by molar-refractivity contribution is -0.119. The highest BCUT2D eigenvalue weighted by molar-refractivity contribution is 5.96. The van der Waals surface area contributed by atoms with Crippen LogP contribution in [0.15, 0.2) is 18.3 Å². The van der Waals surface area contributed by atoms with E-state index in [0.29, 0.717) is 11.2 Å². The number of amides is 1. The zero-order chi connectivity index (χ0) is 11.3. The van der Waals surface area contributed by atoms with Crippen LogP contribution in [0.1, 0.15) is 19.3 Å². The highest BCUT2D eigenvalue weighted by Gasteiger charge is 2.66. The van der Waals surface area contributed by atoms with Crippen LogP contribution in [0.4, 0.5) is 10.2 Å². The molecule has 1 aromatic heterocycles. The molecule has 0 unspecified atom stereocenters. The van der Waals surface area contributed by atoms with E-state index in [-0.39, 0.29) is 17.6 Å². The van der Waals surface area contributed by atoms with Crippen LogP contribution in [0.2, 0.25) is 0 Å². The van der Waals surface area contributed by atoms with Gasteiger partial charge in [0.2, 0.25) is 5.91 Å². The van der Waals surface area contributed by atoms with E-state index in [2.05, 4.69) is 4.98 Å². The molecule has 1 aromatic rings. The second kappa shape index (κ2) is 3.03. The van der Waals surface area contributed by atoms with Crippen molar-refractivity contribution in [2.24, 2.45) is 11.3 Å². The van der Waals surface area contributed by atoms with E-state index in [0.717, 1.165) is 12.6 Å². The van der Waals surface area contributed by atoms with E-state index in [1.54, 1.807) is 7.05 Å². The van der Waals surface area contributed by atoms with Gasteiger partial charge in [0.15, 0.2) is 0 Å². The molecule has 2 aliphatic carbocycles. The van der Waals surface area contributed by atoms with Gasteiger partial charge in [-0.05, 0) is 36.8 Å². The summed E-state index contributed by atoms with van der Waals surface area (Å²) in [5, 5.41) is 0. The van der Waals surface area contributed by atoms with Crippen LogP contribution >= 0.6 is 0 Å². The molecule has 1 atom stereocenters. The van der Waals surface area contributed by atoms with Crippen LogP contribution in [0, 0.1) is 17.2 Å². The predicted octanol–water partition coefficient (Wildman–Crippen LogP) is 1.98. The Morgan fingerprint density at radius 2 is 2.31 bits per heavy atom. The quantitative estimate of drug-likeness (QED) is 0.763. The average molecular weight is 220 g/mol. The summed E-state index contributed by atoms with van der Waals surface area (Å²) < 4.78 is 12.7. The molecule has 0 radical (unpaired) electrons. The van der Waals surface area contributed by atoms with Crippen molar-refractivity contribution in [1.82, 2.24) is 4.98 Å². The van der Waals surface area contributed by atoms with Crippen molar-refractivity contribution in [3.63, 3.8) is 0 Å². The first-order valence-corrected chi connectivity index (χ1v) is 5.51. The number of aromatic nitrogens is 1. The number of nitrogens with zero attached hydrogens (tertiary/aromatic N) is 2. The van der Waals surface area contributed by atoms with E-state index in [1.807, 2.05) is 0 Å². The lowest BCUT2D eigenvalue weighted by atomic mass is 10.2. The third-order valence-corrected chi connectivity index (χ3v) is 3.77. The Morgan fingerprint density at radius 3 is 2.81 bits per heavy atom. The third-order valence-electron chi connectivity index (χ3n) is 3.77. The zero-order valence-corrected chi connectivity index (χ0v) is 9.11. The summed E-state index contributed by atoms with van der Waals surface area (Å²) in [7, 11) is 1.71. The SMILES string of the molecule is CN(C(=O)[C@H]1CC12CC2)c1ccc(F)cn1. The van der Waals surface area contributed by atoms with Gasteiger partial charge in [-0.2, -0.15) is 0 Å². The number of halogens is 1. The van der Waals surface area contributed by atoms with Crippen LogP contribution < -0.4 is 4.90 Å². The molecule has 4 heteroatoms. The van der Waals surface area contributed by atoms with Gasteiger partial charge in [-0.1, -0.05) is 0 Å². The fourth-order valence-corrected chi connectivity index (χ4v) is 2.32. The number of pyridine rings is 1. The van der Waals surface area contributed by atoms with E-state index in [1.165, 1.54) is 29.9 Å². The van der Waals surface area contributed by atoms with Crippen molar-refractivity contribution >= 4 is 11.7 Å². The molecular weight excluding hydrogens is 207 g/mol. The summed E-state index contributed by atoms with van der Waals surface area (Å²) in [5.74, 6) is 0.449. The second-order valence-electron chi connectivity index (χ2n) is 4.85. The highest BCUT2D eigenvalue weighted by atomic mass is 19.1. The van der Waals surface area contributed by atoms with Gasteiger partial charge >= 0.3 is 0 Å². The zero-order valence-electron chi connectivity index (χ0n) is 9.11. The van der Waals surface area contributed by atoms with E-state index < -0.39 is 0 Å². The first-order chi connectivity index (χ1) is 7.62. The Labute approximate surface area is 93.3 Å². The van der Waals surface area contributed by atoms with E-state index in [4.69, 9.17) is 0 Å². The van der Waals surface area contributed by atoms with Gasteiger partial charge in [-0.15, -0.1) is 0 Å². The van der Waals surface area contributed by atoms with Crippen LogP contribution in [-0.4, -0.2) is 17.9 Å². The molecule has 0 aliphatic heterocycles. The van der Waals surface area contributed by atoms with Crippen molar-refractivity contribution in [3.05, 3.63) is 24.1 Å². The van der Waals surface area contributed by atoms with Gasteiger partial charge in [-0.25, -0.2) is 9.37 Å². The molecule has 2 aliphatic rings. The second-order valence-corrected chi connectivity index (χ2v) is 4.85. The lowest BCUT2D eigenvalue weighted by Gasteiger charge is -2.15. The van der Waals surface area contributed by atoms with Gasteiger partial charge in [0, 0.05) is 13.0 Å². The molecule has 16 heavy (non-hydrogen) atoms. The van der Waals surface area contributed by atoms with Crippen LogP contribution in [0.3, 0.4) is 0 Å². The Morgan fingerprint density at radius 1 is 1.56 bits per heavy atom. The van der Waals surface area contributed by atoms with Gasteiger partial charge in [0.25, 0.3) is 0 Å². The topological polar surface area (TPSA) is 33.2 Å². The summed E-state index contributed by atoms with van der Waals surface area (Å²) in [5.41, 5.74) is 0.353. The minimum atomic E-state index is -0.380. The maximum absolute atomic E-state index is 12.7. The number of anilines is 1. The fourth-order valence-electron chi connectivity index (χ4n) is 2.32. The molecule has 2 saturated carbocycles. The van der Waals surface area contributed by atoms with Crippen molar-refractivity contribution in [2.75, 3.05) is 11.9 Å². The molecule has 0 bridgehead atoms. The Balaban J connectivity index is 1.74. The molecule has 0 saturated heterocycles. The van der Waals surface area contributed by atoms with Crippen molar-refractivity contribution in [2.45, 2.75) is 19.3 Å². The largest absolute Gasteiger partial charge is 0.300 e. The summed E-state index contributed by atoms with van der Waals surface area (Å²) in [6, 6.07) is 2.86. The molecule has 0 aromatic carbocycles. The smallest absolute Gasteiger partial charge is 0.231 e. The third kappa shape index (κ3) is 1.40. The first-order valence-electron chi connectivity index (χ1n) is 5.51. The van der Waals surface area contributed by atoms with Gasteiger partial charge < -0.3 is 0 Å². The van der Waals surface area contributed by atoms with Crippen LogP contribution in [0.25, 0.3) is 0 Å². The summed E-state index contributed by atoms with van der Waals surface area (Å²) in [6.45, 7) is 0. The van der Waals surface area contributed by atoms with Crippen molar-refractivity contribution in [1.29, 1.82) is 0 Å². The minimum Gasteiger partial charge on any atom is -0.300 e.